The summed E-state index contributed by atoms with van der Waals surface area (Å²) in [5, 5.41) is 0. The number of hydroxylamine groups is 1. The van der Waals surface area contributed by atoms with E-state index in [1.54, 1.807) is 0 Å². The van der Waals surface area contributed by atoms with Gasteiger partial charge < -0.3 is 5.73 Å². The van der Waals surface area contributed by atoms with Crippen molar-refractivity contribution in [2.45, 2.75) is 37.9 Å². The van der Waals surface area contributed by atoms with Crippen molar-refractivity contribution in [3.63, 3.8) is 0 Å². The molecule has 0 aliphatic heterocycles. The number of nitrogens with two attached hydrogens (primary N) is 1. The summed E-state index contributed by atoms with van der Waals surface area (Å²) in [4.78, 5) is 4.44. The highest BCUT2D eigenvalue weighted by atomic mass is 19.4. The molecule has 3 nitrogen and oxygen atoms in total. The molecule has 0 saturated heterocycles. The Kier molecular flexibility index (Phi) is 4.82. The summed E-state index contributed by atoms with van der Waals surface area (Å²) in [5.74, 6) is 0.229. The Hall–Kier alpha value is -0.330. The average Bonchev–Trinajstić information content (AvgIpc) is 2.16. The van der Waals surface area contributed by atoms with Crippen LogP contribution >= 0.6 is 0 Å². The van der Waals surface area contributed by atoms with Crippen LogP contribution < -0.4 is 11.2 Å². The van der Waals surface area contributed by atoms with Gasteiger partial charge in [0.25, 0.3) is 0 Å². The van der Waals surface area contributed by atoms with Gasteiger partial charge in [-0.05, 0) is 25.3 Å². The SMILES string of the molecule is NCC1CCCCC1NOCC(F)(F)F. The van der Waals surface area contributed by atoms with E-state index in [1.807, 2.05) is 0 Å². The average molecular weight is 226 g/mol. The quantitative estimate of drug-likeness (QED) is 0.715. The Morgan fingerprint density at radius 3 is 2.53 bits per heavy atom. The highest BCUT2D eigenvalue weighted by Gasteiger charge is 2.30. The Morgan fingerprint density at radius 2 is 1.93 bits per heavy atom. The third-order valence-corrected chi connectivity index (χ3v) is 2.68. The number of hydrogen-bond donors (Lipinski definition) is 2. The molecule has 0 aromatic heterocycles. The molecular weight excluding hydrogens is 209 g/mol. The van der Waals surface area contributed by atoms with Crippen molar-refractivity contribution in [2.75, 3.05) is 13.2 Å². The van der Waals surface area contributed by atoms with Gasteiger partial charge in [-0.25, -0.2) is 0 Å². The summed E-state index contributed by atoms with van der Waals surface area (Å²) in [6.45, 7) is -0.756. The van der Waals surface area contributed by atoms with E-state index in [2.05, 4.69) is 10.3 Å². The van der Waals surface area contributed by atoms with Gasteiger partial charge in [-0.15, -0.1) is 0 Å². The lowest BCUT2D eigenvalue weighted by atomic mass is 9.85. The van der Waals surface area contributed by atoms with Crippen molar-refractivity contribution < 1.29 is 18.0 Å². The Balaban J connectivity index is 2.23. The van der Waals surface area contributed by atoms with Crippen molar-refractivity contribution >= 4 is 0 Å². The van der Waals surface area contributed by atoms with E-state index in [-0.39, 0.29) is 12.0 Å². The molecule has 0 spiro atoms. The number of nitrogens with one attached hydrogen (secondary N) is 1. The molecule has 2 unspecified atom stereocenters. The zero-order chi connectivity index (χ0) is 11.3. The summed E-state index contributed by atoms with van der Waals surface area (Å²) in [5.41, 5.74) is 8.01. The molecule has 3 N–H and O–H groups in total. The van der Waals surface area contributed by atoms with Crippen LogP contribution in [0.1, 0.15) is 25.7 Å². The molecule has 0 amide bonds. The topological polar surface area (TPSA) is 47.3 Å². The molecule has 1 fully saturated rings. The zero-order valence-corrected chi connectivity index (χ0v) is 8.52. The molecule has 6 heteroatoms. The number of hydrogen-bond acceptors (Lipinski definition) is 3. The lowest BCUT2D eigenvalue weighted by molar-refractivity contribution is -0.195. The van der Waals surface area contributed by atoms with Gasteiger partial charge in [-0.3, -0.25) is 4.84 Å². The fraction of sp³-hybridized carbons (Fsp3) is 1.00. The van der Waals surface area contributed by atoms with Crippen molar-refractivity contribution in [3.05, 3.63) is 0 Å². The molecule has 0 aromatic carbocycles. The van der Waals surface area contributed by atoms with Crippen LogP contribution in [0.4, 0.5) is 13.2 Å². The monoisotopic (exact) mass is 226 g/mol. The molecule has 0 bridgehead atoms. The first-order valence-corrected chi connectivity index (χ1v) is 5.17. The normalized spacial score (nSPS) is 28.0. The Morgan fingerprint density at radius 1 is 1.27 bits per heavy atom. The standard InChI is InChI=1S/C9H17F3N2O/c10-9(11,12)6-15-14-8-4-2-1-3-7(8)5-13/h7-8,14H,1-6,13H2. The lowest BCUT2D eigenvalue weighted by Gasteiger charge is -2.30. The minimum Gasteiger partial charge on any atom is -0.330 e. The van der Waals surface area contributed by atoms with Crippen molar-refractivity contribution in [3.8, 4) is 0 Å². The van der Waals surface area contributed by atoms with Gasteiger partial charge in [0, 0.05) is 6.04 Å². The number of alkyl halides is 3. The summed E-state index contributed by atoms with van der Waals surface area (Å²) < 4.78 is 35.4. The predicted molar refractivity (Wildman–Crippen MR) is 49.9 cm³/mol. The zero-order valence-electron chi connectivity index (χ0n) is 8.52. The highest BCUT2D eigenvalue weighted by molar-refractivity contribution is 4.79. The third-order valence-electron chi connectivity index (χ3n) is 2.68. The van der Waals surface area contributed by atoms with E-state index >= 15 is 0 Å². The molecule has 0 aromatic rings. The van der Waals surface area contributed by atoms with Gasteiger partial charge in [-0.2, -0.15) is 18.7 Å². The van der Waals surface area contributed by atoms with Gasteiger partial charge in [0.1, 0.15) is 0 Å². The van der Waals surface area contributed by atoms with E-state index in [1.165, 1.54) is 0 Å². The first-order chi connectivity index (χ1) is 7.03. The molecular formula is C9H17F3N2O. The van der Waals surface area contributed by atoms with E-state index in [0.717, 1.165) is 25.7 Å². The first-order valence-electron chi connectivity index (χ1n) is 5.17. The van der Waals surface area contributed by atoms with Crippen LogP contribution in [0, 0.1) is 5.92 Å². The fourth-order valence-corrected chi connectivity index (χ4v) is 1.88. The first kappa shape index (κ1) is 12.7. The molecule has 2 atom stereocenters. The molecule has 1 rings (SSSR count). The summed E-state index contributed by atoms with van der Waals surface area (Å²) in [7, 11) is 0. The van der Waals surface area contributed by atoms with Crippen molar-refractivity contribution in [2.24, 2.45) is 11.7 Å². The summed E-state index contributed by atoms with van der Waals surface area (Å²) in [6.07, 6.45) is -0.369. The van der Waals surface area contributed by atoms with Gasteiger partial charge in [0.05, 0.1) is 0 Å². The minimum atomic E-state index is -4.28. The van der Waals surface area contributed by atoms with E-state index in [4.69, 9.17) is 5.73 Å². The van der Waals surface area contributed by atoms with Gasteiger partial charge in [-0.1, -0.05) is 12.8 Å². The van der Waals surface area contributed by atoms with Gasteiger partial charge in [0.2, 0.25) is 0 Å². The molecule has 15 heavy (non-hydrogen) atoms. The second-order valence-electron chi connectivity index (χ2n) is 3.91. The summed E-state index contributed by atoms with van der Waals surface area (Å²) >= 11 is 0. The minimum absolute atomic E-state index is 0.0360. The smallest absolute Gasteiger partial charge is 0.330 e. The second-order valence-corrected chi connectivity index (χ2v) is 3.91. The predicted octanol–water partition coefficient (Wildman–Crippen LogP) is 1.59. The van der Waals surface area contributed by atoms with Crippen molar-refractivity contribution in [1.29, 1.82) is 0 Å². The molecule has 1 saturated carbocycles. The highest BCUT2D eigenvalue weighted by Crippen LogP contribution is 2.23. The molecule has 1 aliphatic rings. The number of halogens is 3. The maximum Gasteiger partial charge on any atom is 0.413 e. The van der Waals surface area contributed by atoms with Crippen LogP contribution in [0.5, 0.6) is 0 Å². The van der Waals surface area contributed by atoms with Gasteiger partial charge in [0.15, 0.2) is 6.61 Å². The maximum absolute atomic E-state index is 11.8. The van der Waals surface area contributed by atoms with Crippen molar-refractivity contribution in [1.82, 2.24) is 5.48 Å². The summed E-state index contributed by atoms with van der Waals surface area (Å²) in [6, 6.07) is -0.0360. The molecule has 90 valence electrons. The van der Waals surface area contributed by atoms with Crippen LogP contribution in [-0.2, 0) is 4.84 Å². The molecule has 0 radical (unpaired) electrons. The van der Waals surface area contributed by atoms with E-state index in [0.29, 0.717) is 6.54 Å². The third kappa shape index (κ3) is 4.81. The molecule has 0 heterocycles. The molecule has 1 aliphatic carbocycles. The van der Waals surface area contributed by atoms with Crippen LogP contribution in [0.15, 0.2) is 0 Å². The van der Waals surface area contributed by atoms with Gasteiger partial charge >= 0.3 is 6.18 Å². The second kappa shape index (κ2) is 5.67. The van der Waals surface area contributed by atoms with Crippen LogP contribution in [0.2, 0.25) is 0 Å². The largest absolute Gasteiger partial charge is 0.413 e. The van der Waals surface area contributed by atoms with Crippen LogP contribution in [0.25, 0.3) is 0 Å². The Bertz CT molecular complexity index is 187. The Labute approximate surface area is 87.1 Å². The van der Waals surface area contributed by atoms with E-state index < -0.39 is 12.8 Å². The fourth-order valence-electron chi connectivity index (χ4n) is 1.88. The maximum atomic E-state index is 11.8. The van der Waals surface area contributed by atoms with Crippen LogP contribution in [-0.4, -0.2) is 25.4 Å². The van der Waals surface area contributed by atoms with Crippen LogP contribution in [0.3, 0.4) is 0 Å². The number of rotatable bonds is 4. The lowest BCUT2D eigenvalue weighted by Crippen LogP contribution is -2.43. The van der Waals surface area contributed by atoms with E-state index in [9.17, 15) is 13.2 Å².